The summed E-state index contributed by atoms with van der Waals surface area (Å²) < 4.78 is 23.4. The predicted molar refractivity (Wildman–Crippen MR) is 230 cm³/mol. The number of ether oxygens (including phenoxy) is 3. The molecule has 2 N–H and O–H groups in total. The molecule has 0 bridgehead atoms. The maximum atomic E-state index is 14.0. The van der Waals surface area contributed by atoms with E-state index >= 15 is 0 Å². The molecule has 2 aliphatic rings. The molecule has 0 radical (unpaired) electrons. The van der Waals surface area contributed by atoms with E-state index in [4.69, 9.17) is 13.9 Å². The fourth-order valence-electron chi connectivity index (χ4n) is 7.23. The second-order valence-corrected chi connectivity index (χ2v) is 22.2. The molecule has 0 fully saturated rings. The third-order valence-electron chi connectivity index (χ3n) is 11.9. The molecular formula is C46H61N3O9Si. The highest BCUT2D eigenvalue weighted by Crippen LogP contribution is 2.41. The van der Waals surface area contributed by atoms with E-state index in [1.54, 1.807) is 27.0 Å². The minimum atomic E-state index is -2.12. The third kappa shape index (κ3) is 11.4. The van der Waals surface area contributed by atoms with Crippen molar-refractivity contribution in [3.8, 4) is 11.5 Å². The summed E-state index contributed by atoms with van der Waals surface area (Å²) in [4.78, 5) is 66.2. The van der Waals surface area contributed by atoms with Crippen LogP contribution in [0, 0.1) is 5.92 Å². The van der Waals surface area contributed by atoms with Gasteiger partial charge in [-0.1, -0.05) is 45.9 Å². The Morgan fingerprint density at radius 3 is 2.29 bits per heavy atom. The molecule has 0 spiro atoms. The molecule has 0 saturated carbocycles. The Labute approximate surface area is 349 Å². The van der Waals surface area contributed by atoms with Crippen molar-refractivity contribution in [2.75, 3.05) is 24.4 Å². The summed E-state index contributed by atoms with van der Waals surface area (Å²) in [6.07, 6.45) is 3.73. The lowest BCUT2D eigenvalue weighted by Crippen LogP contribution is -2.40. The Kier molecular flexibility index (Phi) is 14.8. The van der Waals surface area contributed by atoms with E-state index in [0.717, 1.165) is 41.6 Å². The lowest BCUT2D eigenvalue weighted by molar-refractivity contribution is -0.140. The van der Waals surface area contributed by atoms with Crippen LogP contribution in [0.25, 0.3) is 0 Å². The highest BCUT2D eigenvalue weighted by molar-refractivity contribution is 6.74. The number of methoxy groups -OCH3 is 2. The van der Waals surface area contributed by atoms with Gasteiger partial charge in [-0.3, -0.25) is 24.0 Å². The number of fused-ring (bicyclic) bond motifs is 4. The standard InChI is InChI=1S/C46H61N3O9Si/c1-29(20-39(50)30(2)47-42(51)16-12-13-17-43(52)56-7)44(53)48-35-22-31(21-32(23-35)28-58-59(8,9)46(3,4)5)27-57-41-25-33-18-19-36-24-34-14-10-11-15-38(34)49(36)45(54)37(33)26-40(41)55-6/h10-11,14-15,21-23,25-26,29-30,36H,12-13,16-20,24,27-28H2,1-9H3,(H,47,51)(H,48,53)/t29-,30+,36-/m1/s1. The van der Waals surface area contributed by atoms with E-state index in [2.05, 4.69) is 55.3 Å². The fraction of sp³-hybridized carbons (Fsp3) is 0.500. The summed E-state index contributed by atoms with van der Waals surface area (Å²) in [7, 11) is 0.767. The quantitative estimate of drug-likeness (QED) is 0.0738. The average Bonchev–Trinajstić information content (AvgIpc) is 3.51. The lowest BCUT2D eigenvalue weighted by Gasteiger charge is -2.36. The Morgan fingerprint density at radius 2 is 1.59 bits per heavy atom. The van der Waals surface area contributed by atoms with Gasteiger partial charge in [0.2, 0.25) is 11.8 Å². The van der Waals surface area contributed by atoms with Crippen LogP contribution in [0.4, 0.5) is 11.4 Å². The third-order valence-corrected chi connectivity index (χ3v) is 16.3. The van der Waals surface area contributed by atoms with E-state index in [0.29, 0.717) is 42.2 Å². The molecule has 59 heavy (non-hydrogen) atoms. The monoisotopic (exact) mass is 827 g/mol. The summed E-state index contributed by atoms with van der Waals surface area (Å²) in [6.45, 7) is 14.7. The maximum absolute atomic E-state index is 14.0. The number of hydrogen-bond acceptors (Lipinski definition) is 9. The molecule has 3 aromatic carbocycles. The molecule has 3 amide bonds. The summed E-state index contributed by atoms with van der Waals surface area (Å²) >= 11 is 0. The van der Waals surface area contributed by atoms with Crippen molar-refractivity contribution < 1.29 is 42.6 Å². The second kappa shape index (κ2) is 19.4. The zero-order valence-corrected chi connectivity index (χ0v) is 37.1. The maximum Gasteiger partial charge on any atom is 0.305 e. The van der Waals surface area contributed by atoms with Crippen LogP contribution < -0.4 is 25.0 Å². The number of Topliss-reactive ketones (excluding diaryl/α,β-unsaturated/α-hetero) is 1. The number of nitrogens with zero attached hydrogens (tertiary/aromatic N) is 1. The van der Waals surface area contributed by atoms with Gasteiger partial charge in [0.05, 0.1) is 26.9 Å². The number of unbranched alkanes of at least 4 members (excludes halogenated alkanes) is 1. The van der Waals surface area contributed by atoms with E-state index < -0.39 is 20.3 Å². The number of hydrogen-bond donors (Lipinski definition) is 2. The number of benzene rings is 3. The normalized spacial score (nSPS) is 15.8. The second-order valence-electron chi connectivity index (χ2n) is 17.4. The molecular weight excluding hydrogens is 767 g/mol. The SMILES string of the molecule is COC(=O)CCCCC(=O)N[C@@H](C)C(=O)C[C@@H](C)C(=O)Nc1cc(COc2cc3c(cc2OC)C(=O)N2c4ccccc4C[C@H]2CC3)cc(CO[Si](C)(C)C(C)(C)C)c1. The number of ketones is 1. The lowest BCUT2D eigenvalue weighted by atomic mass is 9.99. The number of anilines is 2. The Hall–Kier alpha value is -5.01. The van der Waals surface area contributed by atoms with Crippen molar-refractivity contribution >= 4 is 49.2 Å². The molecule has 0 aromatic heterocycles. The average molecular weight is 828 g/mol. The molecule has 12 nitrogen and oxygen atoms in total. The van der Waals surface area contributed by atoms with Crippen LogP contribution in [0.15, 0.2) is 54.6 Å². The molecule has 2 aliphatic heterocycles. The first-order chi connectivity index (χ1) is 27.9. The van der Waals surface area contributed by atoms with Gasteiger partial charge in [-0.15, -0.1) is 0 Å². The summed E-state index contributed by atoms with van der Waals surface area (Å²) in [5.41, 5.74) is 5.87. The van der Waals surface area contributed by atoms with E-state index in [1.807, 2.05) is 47.4 Å². The minimum Gasteiger partial charge on any atom is -0.493 e. The number of para-hydroxylation sites is 1. The van der Waals surface area contributed by atoms with Crippen molar-refractivity contribution in [1.29, 1.82) is 0 Å². The van der Waals surface area contributed by atoms with Gasteiger partial charge in [0.15, 0.2) is 25.6 Å². The number of amides is 3. The van der Waals surface area contributed by atoms with E-state index in [-0.39, 0.29) is 66.4 Å². The molecule has 318 valence electrons. The molecule has 5 rings (SSSR count). The summed E-state index contributed by atoms with van der Waals surface area (Å²) in [5.74, 6) is -0.956. The van der Waals surface area contributed by atoms with Crippen molar-refractivity contribution in [2.24, 2.45) is 5.92 Å². The zero-order chi connectivity index (χ0) is 43.1. The summed E-state index contributed by atoms with van der Waals surface area (Å²) in [6, 6.07) is 16.8. The van der Waals surface area contributed by atoms with Gasteiger partial charge in [-0.25, -0.2) is 0 Å². The van der Waals surface area contributed by atoms with Crippen LogP contribution in [0.1, 0.15) is 106 Å². The van der Waals surface area contributed by atoms with Gasteiger partial charge >= 0.3 is 5.97 Å². The fourth-order valence-corrected chi connectivity index (χ4v) is 8.19. The highest BCUT2D eigenvalue weighted by Gasteiger charge is 2.38. The van der Waals surface area contributed by atoms with Crippen LogP contribution in [0.3, 0.4) is 0 Å². The van der Waals surface area contributed by atoms with Crippen LogP contribution in [-0.4, -0.2) is 64.1 Å². The highest BCUT2D eigenvalue weighted by atomic mass is 28.4. The number of nitrogens with one attached hydrogen (secondary N) is 2. The largest absolute Gasteiger partial charge is 0.493 e. The van der Waals surface area contributed by atoms with Gasteiger partial charge in [-0.05, 0) is 116 Å². The first-order valence-electron chi connectivity index (χ1n) is 20.6. The Balaban J connectivity index is 1.28. The Bertz CT molecular complexity index is 2040. The minimum absolute atomic E-state index is 0.00381. The van der Waals surface area contributed by atoms with Crippen molar-refractivity contribution in [3.05, 3.63) is 82.4 Å². The number of carbonyl (C=O) groups is 5. The van der Waals surface area contributed by atoms with Gasteiger partial charge in [0, 0.05) is 48.2 Å². The first-order valence-corrected chi connectivity index (χ1v) is 23.5. The van der Waals surface area contributed by atoms with Crippen molar-refractivity contribution in [2.45, 2.75) is 129 Å². The van der Waals surface area contributed by atoms with Crippen molar-refractivity contribution in [1.82, 2.24) is 5.32 Å². The summed E-state index contributed by atoms with van der Waals surface area (Å²) in [5, 5.41) is 5.71. The molecule has 0 aliphatic carbocycles. The van der Waals surface area contributed by atoms with Crippen LogP contribution in [0.5, 0.6) is 11.5 Å². The molecule has 3 atom stereocenters. The number of rotatable bonds is 18. The zero-order valence-electron chi connectivity index (χ0n) is 36.1. The van der Waals surface area contributed by atoms with Gasteiger partial charge in [-0.2, -0.15) is 0 Å². The number of esters is 1. The van der Waals surface area contributed by atoms with Crippen LogP contribution in [-0.2, 0) is 54.4 Å². The molecule has 2 heterocycles. The number of carbonyl (C=O) groups excluding carboxylic acids is 5. The van der Waals surface area contributed by atoms with Gasteiger partial charge in [0.1, 0.15) is 6.61 Å². The van der Waals surface area contributed by atoms with E-state index in [9.17, 15) is 24.0 Å². The van der Waals surface area contributed by atoms with Crippen LogP contribution >= 0.6 is 0 Å². The first kappa shape index (κ1) is 45.1. The molecule has 13 heteroatoms. The molecule has 0 unspecified atom stereocenters. The topological polar surface area (TPSA) is 150 Å². The van der Waals surface area contributed by atoms with Crippen LogP contribution in [0.2, 0.25) is 18.1 Å². The van der Waals surface area contributed by atoms with Gasteiger partial charge < -0.3 is 34.2 Å². The Morgan fingerprint density at radius 1 is 0.898 bits per heavy atom. The van der Waals surface area contributed by atoms with Crippen molar-refractivity contribution in [3.63, 3.8) is 0 Å². The van der Waals surface area contributed by atoms with Gasteiger partial charge in [0.25, 0.3) is 5.91 Å². The molecule has 0 saturated heterocycles. The number of aryl methyl sites for hydroxylation is 1. The predicted octanol–water partition coefficient (Wildman–Crippen LogP) is 8.09. The van der Waals surface area contributed by atoms with E-state index in [1.165, 1.54) is 12.7 Å². The molecule has 3 aromatic rings. The smallest absolute Gasteiger partial charge is 0.305 e.